The summed E-state index contributed by atoms with van der Waals surface area (Å²) in [4.78, 5) is 28.7. The van der Waals surface area contributed by atoms with Crippen molar-refractivity contribution in [1.29, 1.82) is 0 Å². The highest BCUT2D eigenvalue weighted by atomic mass is 16.5. The summed E-state index contributed by atoms with van der Waals surface area (Å²) in [5.74, 6) is 0.468. The van der Waals surface area contributed by atoms with Crippen LogP contribution < -0.4 is 9.64 Å². The number of pyridine rings is 2. The lowest BCUT2D eigenvalue weighted by Crippen LogP contribution is -2.47. The molecule has 33 heavy (non-hydrogen) atoms. The summed E-state index contributed by atoms with van der Waals surface area (Å²) in [6, 6.07) is 9.65. The molecule has 5 rings (SSSR count). The number of aromatic nitrogens is 4. The molecule has 0 bridgehead atoms. The van der Waals surface area contributed by atoms with Gasteiger partial charge in [0.2, 0.25) is 5.88 Å². The van der Waals surface area contributed by atoms with E-state index >= 15 is 0 Å². The molecule has 0 unspecified atom stereocenters. The molecule has 9 nitrogen and oxygen atoms in total. The Kier molecular flexibility index (Phi) is 5.95. The summed E-state index contributed by atoms with van der Waals surface area (Å²) in [7, 11) is 3.66. The van der Waals surface area contributed by atoms with Gasteiger partial charge in [-0.05, 0) is 44.2 Å². The second-order valence-electron chi connectivity index (χ2n) is 8.57. The number of piperazine rings is 1. The van der Waals surface area contributed by atoms with Crippen molar-refractivity contribution < 1.29 is 9.53 Å². The van der Waals surface area contributed by atoms with Crippen molar-refractivity contribution in [1.82, 2.24) is 29.5 Å². The Hall–Kier alpha value is -3.46. The maximum atomic E-state index is 13.3. The average Bonchev–Trinajstić information content (AvgIpc) is 3.55. The molecule has 3 aromatic rings. The number of carbonyl (C=O) groups excluding carboxylic acids is 1. The minimum absolute atomic E-state index is 0.0553. The molecular weight excluding hydrogens is 418 g/mol. The Morgan fingerprint density at radius 1 is 0.939 bits per heavy atom. The highest BCUT2D eigenvalue weighted by molar-refractivity contribution is 5.93. The number of amides is 1. The number of rotatable bonds is 5. The maximum absolute atomic E-state index is 13.3. The van der Waals surface area contributed by atoms with Gasteiger partial charge in [0.05, 0.1) is 30.4 Å². The summed E-state index contributed by atoms with van der Waals surface area (Å²) in [6.07, 6.45) is 5.94. The van der Waals surface area contributed by atoms with Gasteiger partial charge < -0.3 is 19.4 Å². The van der Waals surface area contributed by atoms with Gasteiger partial charge in [-0.15, -0.1) is 0 Å². The Labute approximate surface area is 193 Å². The highest BCUT2D eigenvalue weighted by Gasteiger charge is 2.25. The lowest BCUT2D eigenvalue weighted by atomic mass is 10.2. The van der Waals surface area contributed by atoms with E-state index in [4.69, 9.17) is 9.84 Å². The van der Waals surface area contributed by atoms with Gasteiger partial charge in [0, 0.05) is 57.2 Å². The van der Waals surface area contributed by atoms with Crippen LogP contribution in [0.3, 0.4) is 0 Å². The van der Waals surface area contributed by atoms with E-state index in [0.717, 1.165) is 48.9 Å². The van der Waals surface area contributed by atoms with Crippen LogP contribution in [0.4, 0.5) is 5.69 Å². The Bertz CT molecular complexity index is 1110. The number of methoxy groups -OCH3 is 1. The summed E-state index contributed by atoms with van der Waals surface area (Å²) < 4.78 is 6.96. The van der Waals surface area contributed by atoms with Crippen molar-refractivity contribution in [2.75, 3.05) is 58.3 Å². The van der Waals surface area contributed by atoms with Gasteiger partial charge >= 0.3 is 0 Å². The van der Waals surface area contributed by atoms with Gasteiger partial charge in [-0.3, -0.25) is 9.78 Å². The number of hydrogen-bond donors (Lipinski definition) is 0. The van der Waals surface area contributed by atoms with Crippen LogP contribution in [-0.4, -0.2) is 88.9 Å². The summed E-state index contributed by atoms with van der Waals surface area (Å²) in [6.45, 7) is 5.23. The number of anilines is 1. The molecule has 0 aliphatic carbocycles. The van der Waals surface area contributed by atoms with Crippen LogP contribution in [-0.2, 0) is 0 Å². The second kappa shape index (κ2) is 9.19. The second-order valence-corrected chi connectivity index (χ2v) is 8.57. The first kappa shape index (κ1) is 21.4. The molecule has 2 aliphatic rings. The summed E-state index contributed by atoms with van der Waals surface area (Å²) in [5.41, 5.74) is 3.85. The minimum atomic E-state index is -0.0553. The van der Waals surface area contributed by atoms with Crippen LogP contribution in [0.25, 0.3) is 17.1 Å². The van der Waals surface area contributed by atoms with Gasteiger partial charge in [0.25, 0.3) is 5.91 Å². The Balaban J connectivity index is 1.54. The number of ether oxygens (including phenoxy) is 1. The Morgan fingerprint density at radius 3 is 2.42 bits per heavy atom. The van der Waals surface area contributed by atoms with Crippen LogP contribution >= 0.6 is 0 Å². The zero-order valence-corrected chi connectivity index (χ0v) is 19.1. The zero-order valence-electron chi connectivity index (χ0n) is 19.1. The molecule has 0 radical (unpaired) electrons. The van der Waals surface area contributed by atoms with Crippen molar-refractivity contribution in [3.8, 4) is 23.0 Å². The fraction of sp³-hybridized carbons (Fsp3) is 0.417. The zero-order chi connectivity index (χ0) is 22.8. The molecular formula is C24H29N7O2. The normalized spacial score (nSPS) is 16.9. The summed E-state index contributed by atoms with van der Waals surface area (Å²) in [5, 5.41) is 4.71. The van der Waals surface area contributed by atoms with E-state index in [2.05, 4.69) is 32.9 Å². The van der Waals surface area contributed by atoms with Crippen LogP contribution in [0.15, 0.2) is 42.7 Å². The third kappa shape index (κ3) is 4.41. The number of nitrogens with zero attached hydrogens (tertiary/aromatic N) is 7. The van der Waals surface area contributed by atoms with Gasteiger partial charge in [-0.2, -0.15) is 5.10 Å². The number of hydrogen-bond acceptors (Lipinski definition) is 7. The Morgan fingerprint density at radius 2 is 1.73 bits per heavy atom. The topological polar surface area (TPSA) is 79.6 Å². The molecule has 0 N–H and O–H groups in total. The highest BCUT2D eigenvalue weighted by Crippen LogP contribution is 2.28. The third-order valence-corrected chi connectivity index (χ3v) is 6.37. The van der Waals surface area contributed by atoms with Crippen LogP contribution in [0.2, 0.25) is 0 Å². The molecule has 2 saturated heterocycles. The lowest BCUT2D eigenvalue weighted by molar-refractivity contribution is 0.0657. The summed E-state index contributed by atoms with van der Waals surface area (Å²) >= 11 is 0. The van der Waals surface area contributed by atoms with Crippen LogP contribution in [0.5, 0.6) is 5.88 Å². The van der Waals surface area contributed by atoms with Gasteiger partial charge in [0.15, 0.2) is 5.69 Å². The molecule has 9 heteroatoms. The SMILES string of the molecule is COc1ccc(-n2nc(C(=O)N3CCN(C)CC3)cc2-c2cc(N3CCCC3)ccn2)cn1. The molecule has 0 saturated carbocycles. The quantitative estimate of drug-likeness (QED) is 0.594. The number of carbonyl (C=O) groups is 1. The predicted octanol–water partition coefficient (Wildman–Crippen LogP) is 2.33. The van der Waals surface area contributed by atoms with Crippen molar-refractivity contribution in [2.24, 2.45) is 0 Å². The van der Waals surface area contributed by atoms with Crippen molar-refractivity contribution in [3.63, 3.8) is 0 Å². The van der Waals surface area contributed by atoms with Crippen molar-refractivity contribution in [2.45, 2.75) is 12.8 Å². The van der Waals surface area contributed by atoms with Crippen molar-refractivity contribution in [3.05, 3.63) is 48.4 Å². The van der Waals surface area contributed by atoms with E-state index in [1.165, 1.54) is 12.8 Å². The smallest absolute Gasteiger partial charge is 0.274 e. The van der Waals surface area contributed by atoms with Crippen LogP contribution in [0, 0.1) is 0 Å². The van der Waals surface area contributed by atoms with E-state index in [1.807, 2.05) is 29.3 Å². The molecule has 5 heterocycles. The maximum Gasteiger partial charge on any atom is 0.274 e. The van der Waals surface area contributed by atoms with E-state index in [9.17, 15) is 4.79 Å². The van der Waals surface area contributed by atoms with E-state index in [0.29, 0.717) is 24.7 Å². The first-order valence-electron chi connectivity index (χ1n) is 11.4. The molecule has 2 fully saturated rings. The van der Waals surface area contributed by atoms with E-state index in [-0.39, 0.29) is 5.91 Å². The van der Waals surface area contributed by atoms with E-state index in [1.54, 1.807) is 24.1 Å². The first-order chi connectivity index (χ1) is 16.1. The fourth-order valence-electron chi connectivity index (χ4n) is 4.39. The van der Waals surface area contributed by atoms with Gasteiger partial charge in [0.1, 0.15) is 0 Å². The van der Waals surface area contributed by atoms with E-state index < -0.39 is 0 Å². The molecule has 2 aliphatic heterocycles. The molecule has 0 spiro atoms. The van der Waals surface area contributed by atoms with Crippen molar-refractivity contribution >= 4 is 11.6 Å². The number of likely N-dealkylation sites (N-methyl/N-ethyl adjacent to an activating group) is 1. The van der Waals surface area contributed by atoms with Crippen LogP contribution in [0.1, 0.15) is 23.3 Å². The average molecular weight is 448 g/mol. The largest absolute Gasteiger partial charge is 0.481 e. The first-order valence-corrected chi connectivity index (χ1v) is 11.4. The van der Waals surface area contributed by atoms with Gasteiger partial charge in [-0.1, -0.05) is 0 Å². The minimum Gasteiger partial charge on any atom is -0.481 e. The standard InChI is InChI=1S/C24H29N7O2/c1-28-11-13-30(14-12-28)24(32)21-16-22(31(27-21)19-5-6-23(33-2)26-17-19)20-15-18(7-8-25-20)29-9-3-4-10-29/h5-8,15-17H,3-4,9-14H2,1-2H3. The monoisotopic (exact) mass is 447 g/mol. The molecule has 0 aromatic carbocycles. The molecule has 172 valence electrons. The van der Waals surface area contributed by atoms with Gasteiger partial charge in [-0.25, -0.2) is 9.67 Å². The molecule has 1 amide bonds. The third-order valence-electron chi connectivity index (χ3n) is 6.37. The predicted molar refractivity (Wildman–Crippen MR) is 126 cm³/mol. The molecule has 3 aromatic heterocycles. The fourth-order valence-corrected chi connectivity index (χ4v) is 4.39. The lowest BCUT2D eigenvalue weighted by Gasteiger charge is -2.31. The molecule has 0 atom stereocenters.